The van der Waals surface area contributed by atoms with Gasteiger partial charge in [0.25, 0.3) is 0 Å². The number of rotatable bonds is 1. The van der Waals surface area contributed by atoms with Gasteiger partial charge in [-0.05, 0) is 5.56 Å². The van der Waals surface area contributed by atoms with Crippen molar-refractivity contribution in [2.75, 3.05) is 0 Å². The zero-order valence-corrected chi connectivity index (χ0v) is 6.55. The SMILES string of the molecule is N#C/C(=C\Cl)c1ccccc1. The van der Waals surface area contributed by atoms with Gasteiger partial charge < -0.3 is 0 Å². The topological polar surface area (TPSA) is 23.8 Å². The van der Waals surface area contributed by atoms with Crippen LogP contribution in [0.5, 0.6) is 0 Å². The maximum Gasteiger partial charge on any atom is 0.101 e. The minimum Gasteiger partial charge on any atom is -0.192 e. The fraction of sp³-hybridized carbons (Fsp3) is 0. The van der Waals surface area contributed by atoms with Gasteiger partial charge in [0.05, 0.1) is 5.57 Å². The van der Waals surface area contributed by atoms with E-state index < -0.39 is 0 Å². The molecule has 0 aliphatic carbocycles. The molecule has 0 N–H and O–H groups in total. The summed E-state index contributed by atoms with van der Waals surface area (Å²) in [4.78, 5) is 0. The van der Waals surface area contributed by atoms with Crippen LogP contribution in [0.2, 0.25) is 0 Å². The molecule has 11 heavy (non-hydrogen) atoms. The Morgan fingerprint density at radius 1 is 1.36 bits per heavy atom. The second-order valence-electron chi connectivity index (χ2n) is 2.00. The number of benzene rings is 1. The predicted octanol–water partition coefficient (Wildman–Crippen LogP) is 2.79. The van der Waals surface area contributed by atoms with E-state index in [9.17, 15) is 0 Å². The highest BCUT2D eigenvalue weighted by molar-refractivity contribution is 6.29. The normalized spacial score (nSPS) is 10.7. The van der Waals surface area contributed by atoms with E-state index in [0.29, 0.717) is 5.57 Å². The van der Waals surface area contributed by atoms with E-state index in [1.54, 1.807) is 0 Å². The minimum atomic E-state index is 0.493. The lowest BCUT2D eigenvalue weighted by molar-refractivity contribution is 1.52. The van der Waals surface area contributed by atoms with Crippen molar-refractivity contribution in [2.24, 2.45) is 0 Å². The van der Waals surface area contributed by atoms with Gasteiger partial charge >= 0.3 is 0 Å². The summed E-state index contributed by atoms with van der Waals surface area (Å²) in [6.07, 6.45) is 0. The Morgan fingerprint density at radius 3 is 2.45 bits per heavy atom. The Labute approximate surface area is 70.5 Å². The first kappa shape index (κ1) is 7.84. The summed E-state index contributed by atoms with van der Waals surface area (Å²) in [7, 11) is 0. The average molecular weight is 164 g/mol. The Morgan fingerprint density at radius 2 is 2.00 bits per heavy atom. The second-order valence-corrected chi connectivity index (χ2v) is 2.22. The van der Waals surface area contributed by atoms with Crippen molar-refractivity contribution in [3.8, 4) is 6.07 Å². The summed E-state index contributed by atoms with van der Waals surface area (Å²) in [5, 5.41) is 8.58. The van der Waals surface area contributed by atoms with Crippen LogP contribution in [0.25, 0.3) is 5.57 Å². The smallest absolute Gasteiger partial charge is 0.101 e. The molecule has 0 atom stereocenters. The number of halogens is 1. The molecule has 0 aliphatic rings. The molecule has 0 saturated carbocycles. The molecule has 0 aromatic heterocycles. The van der Waals surface area contributed by atoms with Crippen molar-refractivity contribution in [1.29, 1.82) is 5.26 Å². The first-order valence-electron chi connectivity index (χ1n) is 3.14. The van der Waals surface area contributed by atoms with E-state index in [1.165, 1.54) is 5.54 Å². The van der Waals surface area contributed by atoms with Gasteiger partial charge in [0, 0.05) is 5.54 Å². The lowest BCUT2D eigenvalue weighted by Crippen LogP contribution is -1.76. The van der Waals surface area contributed by atoms with Gasteiger partial charge in [-0.3, -0.25) is 0 Å². The zero-order valence-electron chi connectivity index (χ0n) is 5.79. The maximum absolute atomic E-state index is 8.58. The molecular weight excluding hydrogens is 158 g/mol. The van der Waals surface area contributed by atoms with E-state index in [4.69, 9.17) is 16.9 Å². The molecule has 0 unspecified atom stereocenters. The van der Waals surface area contributed by atoms with Crippen molar-refractivity contribution in [1.82, 2.24) is 0 Å². The Bertz CT molecular complexity index is 295. The average Bonchev–Trinajstić information content (AvgIpc) is 2.09. The molecule has 0 aliphatic heterocycles. The van der Waals surface area contributed by atoms with Crippen LogP contribution in [0.1, 0.15) is 5.56 Å². The highest BCUT2D eigenvalue weighted by atomic mass is 35.5. The quantitative estimate of drug-likeness (QED) is 0.584. The van der Waals surface area contributed by atoms with Crippen molar-refractivity contribution in [3.63, 3.8) is 0 Å². The van der Waals surface area contributed by atoms with Gasteiger partial charge in [0.2, 0.25) is 0 Å². The molecule has 1 nitrogen and oxygen atoms in total. The van der Waals surface area contributed by atoms with Crippen molar-refractivity contribution in [2.45, 2.75) is 0 Å². The molecule has 0 spiro atoms. The van der Waals surface area contributed by atoms with Gasteiger partial charge in [0.1, 0.15) is 6.07 Å². The van der Waals surface area contributed by atoms with Crippen molar-refractivity contribution in [3.05, 3.63) is 41.4 Å². The van der Waals surface area contributed by atoms with E-state index in [1.807, 2.05) is 36.4 Å². The Kier molecular flexibility index (Phi) is 2.71. The third-order valence-corrected chi connectivity index (χ3v) is 1.53. The molecule has 0 amide bonds. The fourth-order valence-electron chi connectivity index (χ4n) is 0.770. The number of hydrogen-bond acceptors (Lipinski definition) is 1. The van der Waals surface area contributed by atoms with Crippen LogP contribution in [0.15, 0.2) is 35.9 Å². The number of hydrogen-bond donors (Lipinski definition) is 0. The first-order valence-corrected chi connectivity index (χ1v) is 3.58. The van der Waals surface area contributed by atoms with Crippen LogP contribution in [0.3, 0.4) is 0 Å². The molecule has 0 saturated heterocycles. The lowest BCUT2D eigenvalue weighted by atomic mass is 10.1. The number of nitrogens with zero attached hydrogens (tertiary/aromatic N) is 1. The fourth-order valence-corrected chi connectivity index (χ4v) is 0.944. The molecule has 1 rings (SSSR count). The minimum absolute atomic E-state index is 0.493. The lowest BCUT2D eigenvalue weighted by Gasteiger charge is -1.93. The summed E-state index contributed by atoms with van der Waals surface area (Å²) < 4.78 is 0. The summed E-state index contributed by atoms with van der Waals surface area (Å²) in [6.45, 7) is 0. The van der Waals surface area contributed by atoms with E-state index >= 15 is 0 Å². The third-order valence-electron chi connectivity index (χ3n) is 1.31. The van der Waals surface area contributed by atoms with Gasteiger partial charge in [-0.15, -0.1) is 0 Å². The molecule has 1 aromatic rings. The second kappa shape index (κ2) is 3.80. The first-order chi connectivity index (χ1) is 5.38. The summed E-state index contributed by atoms with van der Waals surface area (Å²) in [5.74, 6) is 0. The van der Waals surface area contributed by atoms with Gasteiger partial charge in [-0.2, -0.15) is 5.26 Å². The zero-order chi connectivity index (χ0) is 8.10. The van der Waals surface area contributed by atoms with Crippen molar-refractivity contribution < 1.29 is 0 Å². The molecule has 0 heterocycles. The van der Waals surface area contributed by atoms with E-state index in [-0.39, 0.29) is 0 Å². The number of nitriles is 1. The van der Waals surface area contributed by atoms with Crippen LogP contribution in [0.4, 0.5) is 0 Å². The molecule has 0 fully saturated rings. The maximum atomic E-state index is 8.58. The van der Waals surface area contributed by atoms with E-state index in [2.05, 4.69) is 0 Å². The van der Waals surface area contributed by atoms with Crippen LogP contribution >= 0.6 is 11.6 Å². The molecular formula is C9H6ClN. The molecule has 1 aromatic carbocycles. The monoisotopic (exact) mass is 163 g/mol. The van der Waals surface area contributed by atoms with E-state index in [0.717, 1.165) is 5.56 Å². The number of allylic oxidation sites excluding steroid dienone is 1. The summed E-state index contributed by atoms with van der Waals surface area (Å²) >= 11 is 5.42. The van der Waals surface area contributed by atoms with Crippen LogP contribution in [-0.2, 0) is 0 Å². The van der Waals surface area contributed by atoms with Crippen LogP contribution in [-0.4, -0.2) is 0 Å². The summed E-state index contributed by atoms with van der Waals surface area (Å²) in [6, 6.07) is 11.3. The van der Waals surface area contributed by atoms with Gasteiger partial charge in [-0.1, -0.05) is 41.9 Å². The molecule has 2 heteroatoms. The Hall–Kier alpha value is -1.26. The van der Waals surface area contributed by atoms with Crippen LogP contribution < -0.4 is 0 Å². The molecule has 54 valence electrons. The Balaban J connectivity index is 3.05. The standard InChI is InChI=1S/C9H6ClN/c10-6-9(7-11)8-4-2-1-3-5-8/h1-6H/b9-6+. The highest BCUT2D eigenvalue weighted by Crippen LogP contribution is 2.12. The van der Waals surface area contributed by atoms with Gasteiger partial charge in [-0.25, -0.2) is 0 Å². The van der Waals surface area contributed by atoms with Gasteiger partial charge in [0.15, 0.2) is 0 Å². The highest BCUT2D eigenvalue weighted by Gasteiger charge is 1.95. The van der Waals surface area contributed by atoms with Crippen molar-refractivity contribution >= 4 is 17.2 Å². The third kappa shape index (κ3) is 1.83. The predicted molar refractivity (Wildman–Crippen MR) is 45.9 cm³/mol. The largest absolute Gasteiger partial charge is 0.192 e. The van der Waals surface area contributed by atoms with Crippen LogP contribution in [0, 0.1) is 11.3 Å². The molecule has 0 radical (unpaired) electrons. The summed E-state index contributed by atoms with van der Waals surface area (Å²) in [5.41, 5.74) is 2.63. The molecule has 0 bridgehead atoms.